The second-order valence-electron chi connectivity index (χ2n) is 3.88. The van der Waals surface area contributed by atoms with Crippen LogP contribution in [0.5, 0.6) is 0 Å². The van der Waals surface area contributed by atoms with Gasteiger partial charge in [-0.05, 0) is 13.0 Å². The number of hydrogen-bond acceptors (Lipinski definition) is 3. The van der Waals surface area contributed by atoms with Crippen molar-refractivity contribution in [2.45, 2.75) is 6.92 Å². The summed E-state index contributed by atoms with van der Waals surface area (Å²) in [6, 6.07) is 1.59. The molecule has 3 N–H and O–H groups in total. The Balaban J connectivity index is 2.70. The molecule has 0 aliphatic carbocycles. The van der Waals surface area contributed by atoms with E-state index in [9.17, 15) is 9.59 Å². The molecule has 0 atom stereocenters. The van der Waals surface area contributed by atoms with Gasteiger partial charge in [0.2, 0.25) is 5.91 Å². The Morgan fingerprint density at radius 2 is 2.18 bits per heavy atom. The zero-order valence-electron chi connectivity index (χ0n) is 10.4. The normalized spacial score (nSPS) is 10.1. The van der Waals surface area contributed by atoms with E-state index in [0.29, 0.717) is 17.9 Å². The van der Waals surface area contributed by atoms with Crippen molar-refractivity contribution in [3.8, 4) is 0 Å². The molecule has 94 valence electrons. The highest BCUT2D eigenvalue weighted by Gasteiger charge is 2.17. The van der Waals surface area contributed by atoms with E-state index in [2.05, 4.69) is 5.32 Å². The van der Waals surface area contributed by atoms with Crippen LogP contribution >= 0.6 is 0 Å². The van der Waals surface area contributed by atoms with Crippen LogP contribution in [0.4, 0.5) is 5.69 Å². The minimum atomic E-state index is -0.226. The van der Waals surface area contributed by atoms with Gasteiger partial charge in [0.25, 0.3) is 5.91 Å². The van der Waals surface area contributed by atoms with Crippen LogP contribution in [0.1, 0.15) is 17.4 Å². The number of anilines is 1. The first-order valence-electron chi connectivity index (χ1n) is 5.39. The first-order valence-corrected chi connectivity index (χ1v) is 5.39. The topological polar surface area (TPSA) is 80.4 Å². The molecule has 1 rings (SSSR count). The van der Waals surface area contributed by atoms with Gasteiger partial charge < -0.3 is 20.5 Å². The SMILES string of the molecule is CCNC(=O)CN(C)C(=O)c1cc(N)cn1C. The molecule has 0 radical (unpaired) electrons. The van der Waals surface area contributed by atoms with Crippen LogP contribution in [-0.4, -0.2) is 41.4 Å². The van der Waals surface area contributed by atoms with Crippen LogP contribution in [0.3, 0.4) is 0 Å². The van der Waals surface area contributed by atoms with Gasteiger partial charge in [-0.15, -0.1) is 0 Å². The standard InChI is InChI=1S/C11H18N4O2/c1-4-13-10(16)7-15(3)11(17)9-5-8(12)6-14(9)2/h5-6H,4,7,12H2,1-3H3,(H,13,16). The van der Waals surface area contributed by atoms with Gasteiger partial charge in [-0.1, -0.05) is 0 Å². The second-order valence-corrected chi connectivity index (χ2v) is 3.88. The van der Waals surface area contributed by atoms with Gasteiger partial charge in [0, 0.05) is 26.8 Å². The van der Waals surface area contributed by atoms with Crippen LogP contribution < -0.4 is 11.1 Å². The van der Waals surface area contributed by atoms with Crippen LogP contribution in [0.15, 0.2) is 12.3 Å². The van der Waals surface area contributed by atoms with E-state index in [1.165, 1.54) is 4.90 Å². The van der Waals surface area contributed by atoms with Crippen molar-refractivity contribution in [1.82, 2.24) is 14.8 Å². The first kappa shape index (κ1) is 13.1. The number of aryl methyl sites for hydroxylation is 1. The van der Waals surface area contributed by atoms with Crippen molar-refractivity contribution in [2.75, 3.05) is 25.9 Å². The monoisotopic (exact) mass is 238 g/mol. The first-order chi connectivity index (χ1) is 7.95. The number of nitrogens with zero attached hydrogens (tertiary/aromatic N) is 2. The lowest BCUT2D eigenvalue weighted by molar-refractivity contribution is -0.121. The molecule has 0 bridgehead atoms. The van der Waals surface area contributed by atoms with Gasteiger partial charge in [-0.2, -0.15) is 0 Å². The van der Waals surface area contributed by atoms with Crippen molar-refractivity contribution >= 4 is 17.5 Å². The average Bonchev–Trinajstić information content (AvgIpc) is 2.56. The summed E-state index contributed by atoms with van der Waals surface area (Å²) in [5.41, 5.74) is 6.59. The lowest BCUT2D eigenvalue weighted by atomic mass is 10.3. The number of nitrogen functional groups attached to an aromatic ring is 1. The third kappa shape index (κ3) is 3.24. The van der Waals surface area contributed by atoms with Crippen molar-refractivity contribution < 1.29 is 9.59 Å². The lowest BCUT2D eigenvalue weighted by Crippen LogP contribution is -2.38. The third-order valence-corrected chi connectivity index (χ3v) is 2.35. The van der Waals surface area contributed by atoms with Crippen LogP contribution in [-0.2, 0) is 11.8 Å². The Kier molecular flexibility index (Phi) is 4.14. The molecule has 6 nitrogen and oxygen atoms in total. The van der Waals surface area contributed by atoms with Gasteiger partial charge in [0.05, 0.1) is 12.2 Å². The van der Waals surface area contributed by atoms with Gasteiger partial charge in [-0.3, -0.25) is 9.59 Å². The van der Waals surface area contributed by atoms with Crippen LogP contribution in [0.25, 0.3) is 0 Å². The van der Waals surface area contributed by atoms with Crippen molar-refractivity contribution in [3.05, 3.63) is 18.0 Å². The van der Waals surface area contributed by atoms with E-state index >= 15 is 0 Å². The van der Waals surface area contributed by atoms with Gasteiger partial charge in [0.15, 0.2) is 0 Å². The molecule has 0 fully saturated rings. The predicted octanol–water partition coefficient (Wildman–Crippen LogP) is -0.185. The summed E-state index contributed by atoms with van der Waals surface area (Å²) in [5, 5.41) is 2.64. The van der Waals surface area contributed by atoms with E-state index in [1.54, 1.807) is 30.9 Å². The molecular formula is C11H18N4O2. The number of rotatable bonds is 4. The number of nitrogens with one attached hydrogen (secondary N) is 1. The Bertz CT molecular complexity index is 425. The number of hydrogen-bond donors (Lipinski definition) is 2. The summed E-state index contributed by atoms with van der Waals surface area (Å²) in [6.45, 7) is 2.42. The molecule has 0 spiro atoms. The summed E-state index contributed by atoms with van der Waals surface area (Å²) in [4.78, 5) is 24.7. The molecule has 1 heterocycles. The Hall–Kier alpha value is -1.98. The zero-order chi connectivity index (χ0) is 13.0. The Morgan fingerprint density at radius 3 is 2.65 bits per heavy atom. The maximum absolute atomic E-state index is 12.0. The van der Waals surface area contributed by atoms with E-state index in [-0.39, 0.29) is 18.4 Å². The summed E-state index contributed by atoms with van der Waals surface area (Å²) in [7, 11) is 3.32. The van der Waals surface area contributed by atoms with Crippen molar-refractivity contribution in [3.63, 3.8) is 0 Å². The quantitative estimate of drug-likeness (QED) is 0.763. The maximum atomic E-state index is 12.0. The molecule has 0 aromatic carbocycles. The number of amides is 2. The fraction of sp³-hybridized carbons (Fsp3) is 0.455. The van der Waals surface area contributed by atoms with Gasteiger partial charge >= 0.3 is 0 Å². The van der Waals surface area contributed by atoms with Crippen molar-refractivity contribution in [1.29, 1.82) is 0 Å². The number of carbonyl (C=O) groups excluding carboxylic acids is 2. The summed E-state index contributed by atoms with van der Waals surface area (Å²) in [6.07, 6.45) is 1.66. The summed E-state index contributed by atoms with van der Waals surface area (Å²) in [5.74, 6) is -0.402. The fourth-order valence-electron chi connectivity index (χ4n) is 1.54. The molecular weight excluding hydrogens is 220 g/mol. The smallest absolute Gasteiger partial charge is 0.270 e. The molecule has 0 aliphatic rings. The largest absolute Gasteiger partial charge is 0.397 e. The highest BCUT2D eigenvalue weighted by Crippen LogP contribution is 2.10. The summed E-state index contributed by atoms with van der Waals surface area (Å²) >= 11 is 0. The molecule has 0 saturated carbocycles. The van der Waals surface area contributed by atoms with Gasteiger partial charge in [-0.25, -0.2) is 0 Å². The molecule has 1 aromatic heterocycles. The Labute approximate surface area is 100 Å². The molecule has 0 saturated heterocycles. The van der Waals surface area contributed by atoms with E-state index in [4.69, 9.17) is 5.73 Å². The van der Waals surface area contributed by atoms with E-state index in [1.807, 2.05) is 6.92 Å². The molecule has 1 aromatic rings. The minimum Gasteiger partial charge on any atom is -0.397 e. The third-order valence-electron chi connectivity index (χ3n) is 2.35. The Morgan fingerprint density at radius 1 is 1.53 bits per heavy atom. The average molecular weight is 238 g/mol. The number of aromatic nitrogens is 1. The second kappa shape index (κ2) is 5.38. The fourth-order valence-corrected chi connectivity index (χ4v) is 1.54. The van der Waals surface area contributed by atoms with E-state index in [0.717, 1.165) is 0 Å². The number of carbonyl (C=O) groups is 2. The van der Waals surface area contributed by atoms with Crippen LogP contribution in [0, 0.1) is 0 Å². The highest BCUT2D eigenvalue weighted by atomic mass is 16.2. The number of likely N-dealkylation sites (N-methyl/N-ethyl adjacent to an activating group) is 2. The lowest BCUT2D eigenvalue weighted by Gasteiger charge is -2.16. The molecule has 6 heteroatoms. The molecule has 2 amide bonds. The van der Waals surface area contributed by atoms with E-state index < -0.39 is 0 Å². The maximum Gasteiger partial charge on any atom is 0.270 e. The summed E-state index contributed by atoms with van der Waals surface area (Å²) < 4.78 is 1.64. The molecule has 17 heavy (non-hydrogen) atoms. The van der Waals surface area contributed by atoms with Crippen molar-refractivity contribution in [2.24, 2.45) is 7.05 Å². The van der Waals surface area contributed by atoms with Gasteiger partial charge in [0.1, 0.15) is 5.69 Å². The van der Waals surface area contributed by atoms with Crippen LogP contribution in [0.2, 0.25) is 0 Å². The minimum absolute atomic E-state index is 0.0394. The highest BCUT2D eigenvalue weighted by molar-refractivity contribution is 5.95. The molecule has 0 aliphatic heterocycles. The predicted molar refractivity (Wildman–Crippen MR) is 65.5 cm³/mol. The zero-order valence-corrected chi connectivity index (χ0v) is 10.4. The number of nitrogens with two attached hydrogens (primary N) is 1. The molecule has 0 unspecified atom stereocenters.